The lowest BCUT2D eigenvalue weighted by Gasteiger charge is -1.95. The molecule has 0 saturated carbocycles. The van der Waals surface area contributed by atoms with Gasteiger partial charge in [0.25, 0.3) is 5.78 Å². The van der Waals surface area contributed by atoms with Gasteiger partial charge >= 0.3 is 5.97 Å². The maximum absolute atomic E-state index is 11.4. The molecule has 0 amide bonds. The number of carbonyl (C=O) groups is 2. The Labute approximate surface area is 173 Å². The fourth-order valence-corrected chi connectivity index (χ4v) is 2.04. The van der Waals surface area contributed by atoms with Gasteiger partial charge in [-0.25, -0.2) is 29.5 Å². The summed E-state index contributed by atoms with van der Waals surface area (Å²) in [6, 6.07) is 6.11. The Bertz CT molecular complexity index is 1040. The molecule has 0 unspecified atom stereocenters. The highest BCUT2D eigenvalue weighted by Gasteiger charge is 2.12. The summed E-state index contributed by atoms with van der Waals surface area (Å²) in [5.74, 6) is 1.21. The zero-order valence-electron chi connectivity index (χ0n) is 15.0. The molecule has 2 aromatic heterocycles. The van der Waals surface area contributed by atoms with Gasteiger partial charge in [-0.2, -0.15) is 5.26 Å². The van der Waals surface area contributed by atoms with E-state index >= 15 is 0 Å². The summed E-state index contributed by atoms with van der Waals surface area (Å²) in [4.78, 5) is 55.2. The second-order valence-corrected chi connectivity index (χ2v) is 5.51. The van der Waals surface area contributed by atoms with Gasteiger partial charge in [-0.15, -0.1) is 0 Å². The van der Waals surface area contributed by atoms with Crippen LogP contribution in [-0.2, 0) is 9.68 Å². The number of benzene rings is 1. The number of H-pyrrole nitrogens is 2. The van der Waals surface area contributed by atoms with E-state index in [1.807, 2.05) is 0 Å². The van der Waals surface area contributed by atoms with Gasteiger partial charge in [0.2, 0.25) is 5.82 Å². The second kappa shape index (κ2) is 11.6. The number of aliphatic imine (C=N–C) groups is 2. The highest BCUT2D eigenvalue weighted by atomic mass is 35.5. The molecule has 0 atom stereocenters. The van der Waals surface area contributed by atoms with Crippen molar-refractivity contribution in [2.75, 3.05) is 0 Å². The molecule has 0 spiro atoms. The monoisotopic (exact) mass is 428 g/mol. The molecule has 3 heterocycles. The number of aromatic amines is 2. The molecule has 30 heavy (non-hydrogen) atoms. The number of imidazole rings is 2. The van der Waals surface area contributed by atoms with Crippen LogP contribution in [0, 0.1) is 0 Å². The van der Waals surface area contributed by atoms with Gasteiger partial charge in [-0.3, -0.25) is 9.68 Å². The van der Waals surface area contributed by atoms with Crippen LogP contribution in [0.1, 0.15) is 26.8 Å². The van der Waals surface area contributed by atoms with Crippen molar-refractivity contribution < 1.29 is 24.5 Å². The largest absolute Gasteiger partial charge is 0.372 e. The topological polar surface area (TPSA) is 163 Å². The third-order valence-electron chi connectivity index (χ3n) is 3.12. The molecule has 11 nitrogen and oxygen atoms in total. The quantitative estimate of drug-likeness (QED) is 0.249. The molecule has 1 aliphatic rings. The lowest BCUT2D eigenvalue weighted by Crippen LogP contribution is -2.05. The van der Waals surface area contributed by atoms with Crippen LogP contribution in [0.5, 0.6) is 0 Å². The van der Waals surface area contributed by atoms with E-state index in [-0.39, 0.29) is 17.2 Å². The third kappa shape index (κ3) is 6.77. The van der Waals surface area contributed by atoms with E-state index in [0.29, 0.717) is 16.7 Å². The van der Waals surface area contributed by atoms with Crippen molar-refractivity contribution in [1.29, 1.82) is 0 Å². The predicted octanol–water partition coefficient (Wildman–Crippen LogP) is 2.15. The minimum atomic E-state index is -0.813. The molecule has 3 N–H and O–H groups in total. The number of aromatic nitrogens is 4. The summed E-state index contributed by atoms with van der Waals surface area (Å²) in [6.07, 6.45) is 9.12. The highest BCUT2D eigenvalue weighted by molar-refractivity contribution is 6.30. The Morgan fingerprint density at radius 3 is 2.03 bits per heavy atom. The van der Waals surface area contributed by atoms with Gasteiger partial charge < -0.3 is 9.97 Å². The van der Waals surface area contributed by atoms with Gasteiger partial charge in [0.15, 0.2) is 17.6 Å². The maximum Gasteiger partial charge on any atom is 0.372 e. The SMILES string of the molecule is O=C(OO)c1cccc(Cl)c1.O=C(c1ncc[nH]1)c1ncc[nH]1.O=C=C1N=CC=N1. The van der Waals surface area contributed by atoms with Crippen LogP contribution < -0.4 is 0 Å². The fourth-order valence-electron chi connectivity index (χ4n) is 1.85. The Balaban J connectivity index is 0.000000166. The minimum absolute atomic E-state index is 0.125. The summed E-state index contributed by atoms with van der Waals surface area (Å²) >= 11 is 5.56. The summed E-state index contributed by atoms with van der Waals surface area (Å²) in [5, 5.41) is 8.41. The summed E-state index contributed by atoms with van der Waals surface area (Å²) in [5.41, 5.74) is 0.222. The van der Waals surface area contributed by atoms with Crippen molar-refractivity contribution >= 4 is 41.7 Å². The van der Waals surface area contributed by atoms with Gasteiger partial charge in [-0.1, -0.05) is 17.7 Å². The lowest BCUT2D eigenvalue weighted by atomic mass is 10.2. The normalized spacial score (nSPS) is 10.9. The molecule has 1 aliphatic heterocycles. The first-order chi connectivity index (χ1) is 14.5. The molecule has 152 valence electrons. The number of hydrogen-bond donors (Lipinski definition) is 3. The number of halogens is 1. The molecule has 4 rings (SSSR count). The van der Waals surface area contributed by atoms with Crippen LogP contribution in [-0.4, -0.2) is 55.3 Å². The number of carbonyl (C=O) groups excluding carboxylic acids is 3. The second-order valence-electron chi connectivity index (χ2n) is 5.08. The van der Waals surface area contributed by atoms with E-state index < -0.39 is 5.97 Å². The molecule has 0 fully saturated rings. The van der Waals surface area contributed by atoms with E-state index in [2.05, 4.69) is 34.8 Å². The van der Waals surface area contributed by atoms with E-state index in [4.69, 9.17) is 16.9 Å². The van der Waals surface area contributed by atoms with Crippen LogP contribution in [0.4, 0.5) is 0 Å². The first kappa shape index (κ1) is 22.1. The molecule has 0 bridgehead atoms. The van der Waals surface area contributed by atoms with E-state index in [0.717, 1.165) is 0 Å². The van der Waals surface area contributed by atoms with Crippen molar-refractivity contribution in [3.05, 3.63) is 77.1 Å². The first-order valence-corrected chi connectivity index (χ1v) is 8.39. The minimum Gasteiger partial charge on any atom is -0.342 e. The van der Waals surface area contributed by atoms with E-state index in [1.54, 1.807) is 24.5 Å². The average molecular weight is 429 g/mol. The van der Waals surface area contributed by atoms with Crippen LogP contribution in [0.2, 0.25) is 5.02 Å². The number of nitrogens with zero attached hydrogens (tertiary/aromatic N) is 4. The van der Waals surface area contributed by atoms with Crippen LogP contribution in [0.3, 0.4) is 0 Å². The van der Waals surface area contributed by atoms with Crippen LogP contribution in [0.25, 0.3) is 0 Å². The zero-order chi connectivity index (χ0) is 21.8. The van der Waals surface area contributed by atoms with Gasteiger partial charge in [0, 0.05) is 42.2 Å². The standard InChI is InChI=1S/C7H5ClO3.C7H6N4O.C4H2N2O/c8-6-3-1-2-5(4-6)7(9)11-10;12-5(6-8-1-2-9-6)7-10-3-4-11-7;7-3-4-5-1-2-6-4/h1-4,10H;1-4H,(H,8,9)(H,10,11);1-2H. The van der Waals surface area contributed by atoms with Gasteiger partial charge in [0.1, 0.15) is 0 Å². The maximum atomic E-state index is 11.4. The summed E-state index contributed by atoms with van der Waals surface area (Å²) < 4.78 is 0. The third-order valence-corrected chi connectivity index (χ3v) is 3.36. The van der Waals surface area contributed by atoms with Crippen molar-refractivity contribution in [1.82, 2.24) is 19.9 Å². The molecular formula is C18H13ClN6O5. The van der Waals surface area contributed by atoms with Crippen molar-refractivity contribution in [3.63, 3.8) is 0 Å². The molecule has 0 aliphatic carbocycles. The lowest BCUT2D eigenvalue weighted by molar-refractivity contribution is -0.182. The predicted molar refractivity (Wildman–Crippen MR) is 106 cm³/mol. The highest BCUT2D eigenvalue weighted by Crippen LogP contribution is 2.10. The fraction of sp³-hybridized carbons (Fsp3) is 0. The Morgan fingerprint density at radius 1 is 1.03 bits per heavy atom. The van der Waals surface area contributed by atoms with E-state index in [9.17, 15) is 14.4 Å². The molecule has 0 radical (unpaired) electrons. The van der Waals surface area contributed by atoms with E-state index in [1.165, 1.54) is 42.9 Å². The Hall–Kier alpha value is -4.18. The molecule has 3 aromatic rings. The zero-order valence-corrected chi connectivity index (χ0v) is 15.8. The van der Waals surface area contributed by atoms with Crippen molar-refractivity contribution in [2.24, 2.45) is 9.98 Å². The number of nitrogens with one attached hydrogen (secondary N) is 2. The van der Waals surface area contributed by atoms with Gasteiger partial charge in [-0.05, 0) is 18.2 Å². The molecular weight excluding hydrogens is 416 g/mol. The summed E-state index contributed by atoms with van der Waals surface area (Å²) in [6.45, 7) is 0. The number of ketones is 1. The van der Waals surface area contributed by atoms with Gasteiger partial charge in [0.05, 0.1) is 5.56 Å². The van der Waals surface area contributed by atoms with Crippen LogP contribution in [0.15, 0.2) is 64.9 Å². The van der Waals surface area contributed by atoms with Crippen LogP contribution >= 0.6 is 11.6 Å². The first-order valence-electron chi connectivity index (χ1n) is 8.01. The smallest absolute Gasteiger partial charge is 0.342 e. The van der Waals surface area contributed by atoms with Crippen molar-refractivity contribution in [3.8, 4) is 0 Å². The number of hydrogen-bond acceptors (Lipinski definition) is 9. The van der Waals surface area contributed by atoms with Crippen molar-refractivity contribution in [2.45, 2.75) is 0 Å². The Morgan fingerprint density at radius 2 is 1.63 bits per heavy atom. The summed E-state index contributed by atoms with van der Waals surface area (Å²) in [7, 11) is 0. The average Bonchev–Trinajstić information content (AvgIpc) is 3.56. The molecule has 1 aromatic carbocycles. The Kier molecular flexibility index (Phi) is 8.56. The molecule has 0 saturated heterocycles. The number of rotatable bonds is 3. The molecule has 12 heteroatoms.